The Morgan fingerprint density at radius 1 is 1.23 bits per heavy atom. The minimum atomic E-state index is -1.08. The molecule has 1 unspecified atom stereocenters. The smallest absolute Gasteiger partial charge is 0.407 e. The Balaban J connectivity index is 1.73. The van der Waals surface area contributed by atoms with E-state index in [9.17, 15) is 19.2 Å². The Labute approximate surface area is 199 Å². The summed E-state index contributed by atoms with van der Waals surface area (Å²) in [6.07, 6.45) is 3.62. The van der Waals surface area contributed by atoms with Crippen molar-refractivity contribution in [2.75, 3.05) is 18.5 Å². The lowest BCUT2D eigenvalue weighted by molar-refractivity contribution is -0.118. The molecule has 3 rings (SSSR count). The average molecular weight is 482 g/mol. The molecule has 12 nitrogen and oxygen atoms in total. The molecule has 0 aliphatic heterocycles. The molecule has 2 heterocycles. The van der Waals surface area contributed by atoms with Gasteiger partial charge in [-0.2, -0.15) is 0 Å². The van der Waals surface area contributed by atoms with Crippen LogP contribution in [0, 0.1) is 0 Å². The Morgan fingerprint density at radius 2 is 2.03 bits per heavy atom. The third kappa shape index (κ3) is 7.27. The molecule has 2 aromatic heterocycles. The average Bonchev–Trinajstić information content (AvgIpc) is 3.24. The number of alkyl carbamates (subject to hydrolysis) is 1. The lowest BCUT2D eigenvalue weighted by atomic mass is 10.1. The monoisotopic (exact) mass is 482 g/mol. The number of aromatic nitrogens is 3. The number of imidazole rings is 1. The number of para-hydroxylation sites is 2. The van der Waals surface area contributed by atoms with E-state index < -0.39 is 29.5 Å². The summed E-state index contributed by atoms with van der Waals surface area (Å²) in [6, 6.07) is 9.44. The van der Waals surface area contributed by atoms with Crippen LogP contribution in [0.15, 0.2) is 59.5 Å². The fraction of sp³-hybridized carbons (Fsp3) is 0.261. The van der Waals surface area contributed by atoms with Crippen molar-refractivity contribution in [1.29, 1.82) is 0 Å². The van der Waals surface area contributed by atoms with Crippen LogP contribution in [0.1, 0.15) is 18.7 Å². The minimum Gasteiger partial charge on any atom is -0.447 e. The van der Waals surface area contributed by atoms with Gasteiger partial charge in [-0.3, -0.25) is 14.4 Å². The number of amides is 3. The lowest BCUT2D eigenvalue weighted by Gasteiger charge is -2.18. The van der Waals surface area contributed by atoms with Gasteiger partial charge in [0.1, 0.15) is 24.2 Å². The zero-order valence-corrected chi connectivity index (χ0v) is 18.8. The SMILES string of the molecule is NC(=O)C=CCCC(NC(=O)OCCO)C(=O)Nc1cccn(Cc2nc3ccccc3[nH]2)c1=O. The number of anilines is 1. The highest BCUT2D eigenvalue weighted by Crippen LogP contribution is 2.11. The van der Waals surface area contributed by atoms with Crippen molar-refractivity contribution in [1.82, 2.24) is 19.9 Å². The number of allylic oxidation sites excluding steroid dienone is 1. The standard InChI is InChI=1S/C23H26N6O6/c24-19(31)10-4-3-8-17(28-23(34)35-13-12-30)21(32)27-18-9-5-11-29(22(18)33)14-20-25-15-6-1-2-7-16(15)26-20/h1-2,4-7,9-11,17,30H,3,8,12-14H2,(H2,24,31)(H,25,26)(H,27,32)(H,28,34). The van der Waals surface area contributed by atoms with Crippen molar-refractivity contribution >= 4 is 34.6 Å². The van der Waals surface area contributed by atoms with E-state index in [1.165, 1.54) is 16.7 Å². The quantitative estimate of drug-likeness (QED) is 0.248. The number of primary amides is 1. The number of nitrogens with zero attached hydrogens (tertiary/aromatic N) is 2. The number of aliphatic hydroxyl groups excluding tert-OH is 1. The molecule has 0 bridgehead atoms. The number of aromatic amines is 1. The number of H-pyrrole nitrogens is 1. The molecule has 35 heavy (non-hydrogen) atoms. The van der Waals surface area contributed by atoms with Gasteiger partial charge < -0.3 is 35.8 Å². The minimum absolute atomic E-state index is 0.0109. The van der Waals surface area contributed by atoms with Crippen molar-refractivity contribution < 1.29 is 24.2 Å². The number of ether oxygens (including phenoxy) is 1. The van der Waals surface area contributed by atoms with Gasteiger partial charge in [0.15, 0.2) is 0 Å². The Morgan fingerprint density at radius 3 is 2.77 bits per heavy atom. The summed E-state index contributed by atoms with van der Waals surface area (Å²) in [7, 11) is 0. The molecule has 0 fully saturated rings. The summed E-state index contributed by atoms with van der Waals surface area (Å²) < 4.78 is 6.14. The van der Waals surface area contributed by atoms with Crippen LogP contribution in [0.2, 0.25) is 0 Å². The number of hydrogen-bond acceptors (Lipinski definition) is 7. The molecule has 0 saturated carbocycles. The summed E-state index contributed by atoms with van der Waals surface area (Å²) in [6.45, 7) is -0.461. The van der Waals surface area contributed by atoms with Gasteiger partial charge in [-0.1, -0.05) is 18.2 Å². The van der Waals surface area contributed by atoms with E-state index in [4.69, 9.17) is 15.6 Å². The maximum atomic E-state index is 12.9. The van der Waals surface area contributed by atoms with E-state index in [-0.39, 0.29) is 38.3 Å². The van der Waals surface area contributed by atoms with Gasteiger partial charge in [0.2, 0.25) is 11.8 Å². The predicted molar refractivity (Wildman–Crippen MR) is 127 cm³/mol. The lowest BCUT2D eigenvalue weighted by Crippen LogP contribution is -2.45. The number of fused-ring (bicyclic) bond motifs is 1. The molecule has 0 aliphatic carbocycles. The Kier molecular flexibility index (Phi) is 8.73. The first-order valence-electron chi connectivity index (χ1n) is 10.8. The molecule has 184 valence electrons. The van der Waals surface area contributed by atoms with E-state index in [1.54, 1.807) is 12.3 Å². The molecule has 6 N–H and O–H groups in total. The first-order valence-corrected chi connectivity index (χ1v) is 10.8. The Hall–Kier alpha value is -4.45. The first-order chi connectivity index (χ1) is 16.9. The maximum absolute atomic E-state index is 12.9. The molecule has 3 aromatic rings. The molecular weight excluding hydrogens is 456 g/mol. The fourth-order valence-corrected chi connectivity index (χ4v) is 3.27. The van der Waals surface area contributed by atoms with Crippen LogP contribution in [-0.2, 0) is 20.9 Å². The van der Waals surface area contributed by atoms with Crippen LogP contribution < -0.4 is 21.9 Å². The summed E-state index contributed by atoms with van der Waals surface area (Å²) in [5.74, 6) is -0.725. The van der Waals surface area contributed by atoms with Gasteiger partial charge in [-0.25, -0.2) is 9.78 Å². The first kappa shape index (κ1) is 25.2. The molecule has 0 spiro atoms. The number of nitrogens with one attached hydrogen (secondary N) is 3. The molecule has 1 atom stereocenters. The van der Waals surface area contributed by atoms with Gasteiger partial charge in [0, 0.05) is 6.20 Å². The highest BCUT2D eigenvalue weighted by Gasteiger charge is 2.22. The maximum Gasteiger partial charge on any atom is 0.407 e. The third-order valence-electron chi connectivity index (χ3n) is 4.87. The number of nitrogens with two attached hydrogens (primary N) is 1. The molecule has 12 heteroatoms. The van der Waals surface area contributed by atoms with Crippen LogP contribution in [0.5, 0.6) is 0 Å². The van der Waals surface area contributed by atoms with Gasteiger partial charge in [-0.05, 0) is 43.2 Å². The second-order valence-corrected chi connectivity index (χ2v) is 7.48. The number of carbonyl (C=O) groups excluding carboxylic acids is 3. The number of benzene rings is 1. The zero-order valence-electron chi connectivity index (χ0n) is 18.8. The summed E-state index contributed by atoms with van der Waals surface area (Å²) in [4.78, 5) is 56.2. The molecule has 0 radical (unpaired) electrons. The molecule has 0 aliphatic rings. The van der Waals surface area contributed by atoms with E-state index >= 15 is 0 Å². The number of pyridine rings is 1. The Bertz CT molecular complexity index is 1250. The van der Waals surface area contributed by atoms with Crippen molar-refractivity contribution in [3.63, 3.8) is 0 Å². The summed E-state index contributed by atoms with van der Waals surface area (Å²) in [5, 5.41) is 13.7. The van der Waals surface area contributed by atoms with Crippen molar-refractivity contribution in [2.24, 2.45) is 5.73 Å². The second-order valence-electron chi connectivity index (χ2n) is 7.48. The zero-order chi connectivity index (χ0) is 25.2. The molecule has 3 amide bonds. The van der Waals surface area contributed by atoms with E-state index in [0.29, 0.717) is 5.82 Å². The molecular formula is C23H26N6O6. The van der Waals surface area contributed by atoms with Crippen LogP contribution >= 0.6 is 0 Å². The normalized spacial score (nSPS) is 11.9. The molecule has 1 aromatic carbocycles. The van der Waals surface area contributed by atoms with Gasteiger partial charge >= 0.3 is 6.09 Å². The number of hydrogen-bond donors (Lipinski definition) is 5. The summed E-state index contributed by atoms with van der Waals surface area (Å²) >= 11 is 0. The van der Waals surface area contributed by atoms with Crippen molar-refractivity contribution in [2.45, 2.75) is 25.4 Å². The topological polar surface area (TPSA) is 181 Å². The van der Waals surface area contributed by atoms with E-state index in [0.717, 1.165) is 17.1 Å². The number of carbonyl (C=O) groups is 3. The van der Waals surface area contributed by atoms with Crippen LogP contribution in [0.4, 0.5) is 10.5 Å². The number of rotatable bonds is 11. The summed E-state index contributed by atoms with van der Waals surface area (Å²) in [5.41, 5.74) is 6.21. The second kappa shape index (κ2) is 12.1. The van der Waals surface area contributed by atoms with Crippen LogP contribution in [0.3, 0.4) is 0 Å². The van der Waals surface area contributed by atoms with Crippen LogP contribution in [0.25, 0.3) is 11.0 Å². The van der Waals surface area contributed by atoms with Gasteiger partial charge in [0.05, 0.1) is 24.2 Å². The highest BCUT2D eigenvalue weighted by molar-refractivity contribution is 5.96. The van der Waals surface area contributed by atoms with Crippen molar-refractivity contribution in [3.05, 3.63) is 70.9 Å². The molecule has 0 saturated heterocycles. The third-order valence-corrected chi connectivity index (χ3v) is 4.87. The number of aliphatic hydroxyl groups is 1. The largest absolute Gasteiger partial charge is 0.447 e. The van der Waals surface area contributed by atoms with Crippen LogP contribution in [-0.4, -0.2) is 56.8 Å². The van der Waals surface area contributed by atoms with E-state index in [1.807, 2.05) is 24.3 Å². The predicted octanol–water partition coefficient (Wildman–Crippen LogP) is 0.620. The fourth-order valence-electron chi connectivity index (χ4n) is 3.27. The van der Waals surface area contributed by atoms with E-state index in [2.05, 4.69) is 20.6 Å². The highest BCUT2D eigenvalue weighted by atomic mass is 16.6. The van der Waals surface area contributed by atoms with Crippen molar-refractivity contribution in [3.8, 4) is 0 Å². The van der Waals surface area contributed by atoms with Gasteiger partial charge in [0.25, 0.3) is 5.56 Å². The van der Waals surface area contributed by atoms with Gasteiger partial charge in [-0.15, -0.1) is 0 Å².